The van der Waals surface area contributed by atoms with Crippen LogP contribution >= 0.6 is 0 Å². The number of hydrogen-bond donors (Lipinski definition) is 0. The minimum absolute atomic E-state index is 0.727. The smallest absolute Gasteiger partial charge is 0.119 e. The van der Waals surface area contributed by atoms with Gasteiger partial charge in [-0.05, 0) is 54.8 Å². The molecule has 1 heterocycles. The van der Waals surface area contributed by atoms with Crippen molar-refractivity contribution in [3.63, 3.8) is 0 Å². The fourth-order valence-electron chi connectivity index (χ4n) is 3.51. The first-order valence-electron chi connectivity index (χ1n) is 10.1. The summed E-state index contributed by atoms with van der Waals surface area (Å²) in [4.78, 5) is 4.90. The summed E-state index contributed by atoms with van der Waals surface area (Å²) in [5, 5.41) is 0. The number of aromatic nitrogens is 2. The second-order valence-corrected chi connectivity index (χ2v) is 7.06. The number of aryl methyl sites for hydroxylation is 1. The van der Waals surface area contributed by atoms with Crippen LogP contribution in [0.15, 0.2) is 78.9 Å². The zero-order chi connectivity index (χ0) is 19.9. The molecule has 0 saturated carbocycles. The first kappa shape index (κ1) is 19.1. The summed E-state index contributed by atoms with van der Waals surface area (Å²) < 4.78 is 13.4. The van der Waals surface area contributed by atoms with Crippen LogP contribution in [-0.2, 0) is 13.0 Å². The highest BCUT2D eigenvalue weighted by atomic mass is 16.5. The van der Waals surface area contributed by atoms with E-state index in [2.05, 4.69) is 34.9 Å². The zero-order valence-corrected chi connectivity index (χ0v) is 16.8. The monoisotopic (exact) mass is 386 g/mol. The van der Waals surface area contributed by atoms with Crippen LogP contribution in [0.4, 0.5) is 0 Å². The summed E-state index contributed by atoms with van der Waals surface area (Å²) in [5.74, 6) is 2.90. The van der Waals surface area contributed by atoms with Gasteiger partial charge in [-0.1, -0.05) is 42.5 Å². The van der Waals surface area contributed by atoms with Crippen molar-refractivity contribution in [2.75, 3.05) is 13.7 Å². The molecule has 0 amide bonds. The molecule has 0 aliphatic rings. The molecule has 0 unspecified atom stereocenters. The van der Waals surface area contributed by atoms with Crippen LogP contribution in [0.1, 0.15) is 24.2 Å². The maximum absolute atomic E-state index is 5.82. The molecule has 0 radical (unpaired) electrons. The predicted octanol–water partition coefficient (Wildman–Crippen LogP) is 5.49. The molecule has 0 atom stereocenters. The van der Waals surface area contributed by atoms with Crippen molar-refractivity contribution < 1.29 is 9.47 Å². The number of imidazole rings is 1. The Morgan fingerprint density at radius 2 is 1.55 bits per heavy atom. The lowest BCUT2D eigenvalue weighted by Crippen LogP contribution is -2.07. The van der Waals surface area contributed by atoms with Gasteiger partial charge in [-0.15, -0.1) is 0 Å². The summed E-state index contributed by atoms with van der Waals surface area (Å²) in [7, 11) is 1.69. The van der Waals surface area contributed by atoms with Crippen molar-refractivity contribution in [1.29, 1.82) is 0 Å². The Labute approximate surface area is 171 Å². The highest BCUT2D eigenvalue weighted by molar-refractivity contribution is 5.76. The minimum atomic E-state index is 0.727. The molecule has 148 valence electrons. The van der Waals surface area contributed by atoms with Gasteiger partial charge in [0.05, 0.1) is 24.8 Å². The number of nitrogens with zero attached hydrogens (tertiary/aromatic N) is 2. The molecular formula is C25H26N2O2. The summed E-state index contributed by atoms with van der Waals surface area (Å²) in [6, 6.07) is 26.6. The number of benzene rings is 3. The maximum atomic E-state index is 5.82. The highest BCUT2D eigenvalue weighted by Gasteiger charge is 2.11. The van der Waals surface area contributed by atoms with Crippen LogP contribution in [0, 0.1) is 0 Å². The molecule has 4 nitrogen and oxygen atoms in total. The van der Waals surface area contributed by atoms with Crippen LogP contribution in [0.5, 0.6) is 11.5 Å². The molecule has 0 saturated heterocycles. The van der Waals surface area contributed by atoms with Crippen LogP contribution in [-0.4, -0.2) is 23.3 Å². The number of fused-ring (bicyclic) bond motifs is 1. The van der Waals surface area contributed by atoms with E-state index in [0.29, 0.717) is 0 Å². The van der Waals surface area contributed by atoms with Crippen LogP contribution in [0.25, 0.3) is 11.0 Å². The fourth-order valence-corrected chi connectivity index (χ4v) is 3.51. The molecule has 3 aromatic carbocycles. The number of rotatable bonds is 9. The Kier molecular flexibility index (Phi) is 6.10. The molecule has 4 rings (SSSR count). The minimum Gasteiger partial charge on any atom is -0.497 e. The van der Waals surface area contributed by atoms with E-state index < -0.39 is 0 Å². The van der Waals surface area contributed by atoms with Crippen LogP contribution in [0.3, 0.4) is 0 Å². The van der Waals surface area contributed by atoms with Crippen molar-refractivity contribution >= 4 is 11.0 Å². The van der Waals surface area contributed by atoms with E-state index in [1.807, 2.05) is 48.5 Å². The van der Waals surface area contributed by atoms with E-state index >= 15 is 0 Å². The quantitative estimate of drug-likeness (QED) is 0.357. The Bertz CT molecular complexity index is 1040. The van der Waals surface area contributed by atoms with Gasteiger partial charge in [0.25, 0.3) is 0 Å². The van der Waals surface area contributed by atoms with Gasteiger partial charge in [0.15, 0.2) is 0 Å². The number of ether oxygens (including phenoxy) is 2. The topological polar surface area (TPSA) is 36.3 Å². The molecular weight excluding hydrogens is 360 g/mol. The predicted molar refractivity (Wildman–Crippen MR) is 117 cm³/mol. The molecule has 0 bridgehead atoms. The van der Waals surface area contributed by atoms with E-state index in [4.69, 9.17) is 14.5 Å². The molecule has 0 N–H and O–H groups in total. The number of hydrogen-bond acceptors (Lipinski definition) is 3. The third-order valence-electron chi connectivity index (χ3n) is 5.04. The van der Waals surface area contributed by atoms with E-state index in [9.17, 15) is 0 Å². The molecule has 0 aliphatic heterocycles. The van der Waals surface area contributed by atoms with E-state index in [1.54, 1.807) is 7.11 Å². The lowest BCUT2D eigenvalue weighted by atomic mass is 10.1. The van der Waals surface area contributed by atoms with Crippen LogP contribution < -0.4 is 9.47 Å². The van der Waals surface area contributed by atoms with Gasteiger partial charge < -0.3 is 14.0 Å². The van der Waals surface area contributed by atoms with Gasteiger partial charge in [0.1, 0.15) is 17.3 Å². The molecule has 1 aromatic heterocycles. The summed E-state index contributed by atoms with van der Waals surface area (Å²) in [5.41, 5.74) is 3.48. The van der Waals surface area contributed by atoms with Gasteiger partial charge in [0.2, 0.25) is 0 Å². The van der Waals surface area contributed by atoms with Gasteiger partial charge in [0, 0.05) is 13.0 Å². The van der Waals surface area contributed by atoms with Crippen molar-refractivity contribution in [3.05, 3.63) is 90.3 Å². The van der Waals surface area contributed by atoms with Crippen LogP contribution in [0.2, 0.25) is 0 Å². The maximum Gasteiger partial charge on any atom is 0.119 e. The lowest BCUT2D eigenvalue weighted by Gasteiger charge is -2.11. The van der Waals surface area contributed by atoms with E-state index in [-0.39, 0.29) is 0 Å². The number of para-hydroxylation sites is 3. The molecule has 29 heavy (non-hydrogen) atoms. The van der Waals surface area contributed by atoms with Crippen molar-refractivity contribution in [2.24, 2.45) is 0 Å². The summed E-state index contributed by atoms with van der Waals surface area (Å²) >= 11 is 0. The van der Waals surface area contributed by atoms with Gasteiger partial charge in [-0.3, -0.25) is 0 Å². The Morgan fingerprint density at radius 1 is 0.793 bits per heavy atom. The van der Waals surface area contributed by atoms with Gasteiger partial charge >= 0.3 is 0 Å². The fraction of sp³-hybridized carbons (Fsp3) is 0.240. The highest BCUT2D eigenvalue weighted by Crippen LogP contribution is 2.21. The third kappa shape index (κ3) is 4.77. The molecule has 4 aromatic rings. The first-order valence-corrected chi connectivity index (χ1v) is 10.1. The summed E-state index contributed by atoms with van der Waals surface area (Å²) in [6.45, 7) is 1.66. The van der Waals surface area contributed by atoms with Crippen molar-refractivity contribution in [1.82, 2.24) is 9.55 Å². The molecule has 0 spiro atoms. The largest absolute Gasteiger partial charge is 0.497 e. The molecule has 0 aliphatic carbocycles. The van der Waals surface area contributed by atoms with Gasteiger partial charge in [-0.2, -0.15) is 0 Å². The van der Waals surface area contributed by atoms with E-state index in [1.165, 1.54) is 11.1 Å². The second-order valence-electron chi connectivity index (χ2n) is 7.06. The second kappa shape index (κ2) is 9.28. The van der Waals surface area contributed by atoms with Gasteiger partial charge in [-0.25, -0.2) is 4.98 Å². The lowest BCUT2D eigenvalue weighted by molar-refractivity contribution is 0.303. The number of methoxy groups -OCH3 is 1. The van der Waals surface area contributed by atoms with E-state index in [0.717, 1.165) is 55.3 Å². The molecule has 4 heteroatoms. The first-order chi connectivity index (χ1) is 14.3. The Hall–Kier alpha value is -3.27. The Balaban J connectivity index is 1.43. The normalized spacial score (nSPS) is 10.9. The van der Waals surface area contributed by atoms with Crippen molar-refractivity contribution in [3.8, 4) is 11.5 Å². The Morgan fingerprint density at radius 3 is 2.34 bits per heavy atom. The SMILES string of the molecule is COc1ccc(Cc2nc3ccccc3n2CCCCOc2ccccc2)cc1. The van der Waals surface area contributed by atoms with Crippen molar-refractivity contribution in [2.45, 2.75) is 25.8 Å². The third-order valence-corrected chi connectivity index (χ3v) is 5.04. The average molecular weight is 386 g/mol. The summed E-state index contributed by atoms with van der Waals surface area (Å²) in [6.07, 6.45) is 2.85. The molecule has 0 fully saturated rings. The zero-order valence-electron chi connectivity index (χ0n) is 16.8. The number of unbranched alkanes of at least 4 members (excludes halogenated alkanes) is 1. The average Bonchev–Trinajstić information content (AvgIpc) is 3.12. The standard InChI is InChI=1S/C25H26N2O2/c1-28-21-15-13-20(14-16-21)19-25-26-23-11-5-6-12-24(23)27(25)17-7-8-18-29-22-9-3-2-4-10-22/h2-6,9-16H,7-8,17-19H2,1H3.